The Kier molecular flexibility index (Phi) is 5.06. The summed E-state index contributed by atoms with van der Waals surface area (Å²) in [5.74, 6) is 0.0349. The van der Waals surface area contributed by atoms with Crippen LogP contribution in [0, 0.1) is 13.8 Å². The quantitative estimate of drug-likeness (QED) is 0.424. The summed E-state index contributed by atoms with van der Waals surface area (Å²) in [6.45, 7) is 3.40. The lowest BCUT2D eigenvalue weighted by molar-refractivity contribution is 0.430. The normalized spacial score (nSPS) is 11.7. The molecule has 0 atom stereocenters. The number of rotatable bonds is 4. The van der Waals surface area contributed by atoms with E-state index in [0.29, 0.717) is 32.8 Å². The number of anilines is 1. The van der Waals surface area contributed by atoms with Gasteiger partial charge in [-0.2, -0.15) is 0 Å². The predicted molar refractivity (Wildman–Crippen MR) is 130 cm³/mol. The van der Waals surface area contributed by atoms with Gasteiger partial charge in [0, 0.05) is 16.3 Å². The number of hydrogen-bond acceptors (Lipinski definition) is 6. The van der Waals surface area contributed by atoms with E-state index in [0.717, 1.165) is 4.57 Å². The molecule has 0 amide bonds. The van der Waals surface area contributed by atoms with Crippen LogP contribution in [0.3, 0.4) is 0 Å². The zero-order chi connectivity index (χ0) is 24.0. The van der Waals surface area contributed by atoms with Crippen molar-refractivity contribution >= 4 is 37.5 Å². The van der Waals surface area contributed by atoms with Gasteiger partial charge in [0.2, 0.25) is 5.88 Å². The molecular weight excluding hydrogens is 454 g/mol. The van der Waals surface area contributed by atoms with Crippen LogP contribution in [0.2, 0.25) is 0 Å². The van der Waals surface area contributed by atoms with Crippen molar-refractivity contribution in [1.82, 2.24) is 9.72 Å². The highest BCUT2D eigenvalue weighted by Gasteiger charge is 2.20. The van der Waals surface area contributed by atoms with Crippen molar-refractivity contribution in [1.29, 1.82) is 0 Å². The van der Waals surface area contributed by atoms with Crippen LogP contribution in [0.25, 0.3) is 27.2 Å². The van der Waals surface area contributed by atoms with Gasteiger partial charge in [0.15, 0.2) is 0 Å². The van der Waals surface area contributed by atoms with Crippen molar-refractivity contribution in [3.8, 4) is 5.69 Å². The van der Waals surface area contributed by atoms with Crippen LogP contribution in [0.1, 0.15) is 11.3 Å². The Bertz CT molecular complexity index is 1730. The molecule has 0 aliphatic carbocycles. The van der Waals surface area contributed by atoms with Crippen LogP contribution in [0.5, 0.6) is 0 Å². The third kappa shape index (κ3) is 3.46. The smallest absolute Gasteiger partial charge is 0.265 e. The molecule has 0 bridgehead atoms. The van der Waals surface area contributed by atoms with Crippen molar-refractivity contribution < 1.29 is 12.9 Å². The molecule has 0 saturated carbocycles. The van der Waals surface area contributed by atoms with Crippen LogP contribution in [-0.2, 0) is 10.0 Å². The molecule has 2 heterocycles. The Labute approximate surface area is 194 Å². The fraction of sp³-hybridized carbons (Fsp3) is 0.0800. The fourth-order valence-electron chi connectivity index (χ4n) is 3.84. The minimum atomic E-state index is -3.97. The van der Waals surface area contributed by atoms with Crippen LogP contribution in [-0.4, -0.2) is 18.1 Å². The molecule has 9 heteroatoms. The van der Waals surface area contributed by atoms with Gasteiger partial charge in [-0.3, -0.25) is 9.59 Å². The molecule has 2 aromatic heterocycles. The summed E-state index contributed by atoms with van der Waals surface area (Å²) in [6, 6.07) is 19.6. The second-order valence-corrected chi connectivity index (χ2v) is 9.54. The third-order valence-electron chi connectivity index (χ3n) is 5.80. The van der Waals surface area contributed by atoms with Crippen LogP contribution in [0.15, 0.2) is 91.8 Å². The van der Waals surface area contributed by atoms with Crippen LogP contribution >= 0.6 is 0 Å². The highest BCUT2D eigenvalue weighted by molar-refractivity contribution is 7.92. The first-order chi connectivity index (χ1) is 16.3. The van der Waals surface area contributed by atoms with Gasteiger partial charge in [-0.25, -0.2) is 17.7 Å². The van der Waals surface area contributed by atoms with Crippen LogP contribution < -0.4 is 15.8 Å². The van der Waals surface area contributed by atoms with Crippen molar-refractivity contribution in [2.24, 2.45) is 0 Å². The number of nitrogens with zero attached hydrogens (tertiary/aromatic N) is 2. The second-order valence-electron chi connectivity index (χ2n) is 7.86. The molecule has 0 aliphatic heterocycles. The fourth-order valence-corrected chi connectivity index (χ4v) is 4.89. The number of hydrogen-bond donors (Lipinski definition) is 1. The van der Waals surface area contributed by atoms with E-state index in [1.165, 1.54) is 24.3 Å². The van der Waals surface area contributed by atoms with Gasteiger partial charge in [-0.1, -0.05) is 41.6 Å². The van der Waals surface area contributed by atoms with E-state index in [9.17, 15) is 18.0 Å². The number of benzene rings is 3. The summed E-state index contributed by atoms with van der Waals surface area (Å²) < 4.78 is 34.1. The molecule has 0 spiro atoms. The SMILES string of the molecule is Cc1noc(NS(=O)(=O)c2ccc(-n3c(=O)c4ccccc4c4ccccc4c3=O)cc2)c1C. The van der Waals surface area contributed by atoms with Gasteiger partial charge in [-0.05, 0) is 61.0 Å². The van der Waals surface area contributed by atoms with Gasteiger partial charge < -0.3 is 4.52 Å². The first-order valence-corrected chi connectivity index (χ1v) is 11.9. The van der Waals surface area contributed by atoms with E-state index >= 15 is 0 Å². The molecule has 0 fully saturated rings. The zero-order valence-electron chi connectivity index (χ0n) is 18.3. The molecule has 1 N–H and O–H groups in total. The Hall–Kier alpha value is -4.24. The average Bonchev–Trinajstić information content (AvgIpc) is 3.11. The lowest BCUT2D eigenvalue weighted by Crippen LogP contribution is -2.28. The standard InChI is InChI=1S/C25H19N3O5S/c1-15-16(2)26-33-23(15)27-34(31,32)18-13-11-17(12-14-18)28-24(29)21-9-5-3-7-19(21)20-8-4-6-10-22(20)25(28)30/h3-14,27H,1-2H3. The van der Waals surface area contributed by atoms with Gasteiger partial charge in [-0.15, -0.1) is 0 Å². The predicted octanol–water partition coefficient (Wildman–Crippen LogP) is 3.91. The molecule has 34 heavy (non-hydrogen) atoms. The molecule has 5 rings (SSSR count). The van der Waals surface area contributed by atoms with Crippen molar-refractivity contribution in [3.05, 3.63) is 105 Å². The summed E-state index contributed by atoms with van der Waals surface area (Å²) in [4.78, 5) is 26.8. The first-order valence-electron chi connectivity index (χ1n) is 10.4. The summed E-state index contributed by atoms with van der Waals surface area (Å²) in [5.41, 5.74) is 0.439. The summed E-state index contributed by atoms with van der Waals surface area (Å²) >= 11 is 0. The molecule has 8 nitrogen and oxygen atoms in total. The molecule has 0 radical (unpaired) electrons. The molecule has 170 valence electrons. The van der Waals surface area contributed by atoms with Gasteiger partial charge in [0.1, 0.15) is 0 Å². The van der Waals surface area contributed by atoms with E-state index in [1.54, 1.807) is 50.2 Å². The molecule has 0 saturated heterocycles. The molecular formula is C25H19N3O5S. The minimum Gasteiger partial charge on any atom is -0.337 e. The second kappa shape index (κ2) is 7.96. The van der Waals surface area contributed by atoms with Gasteiger partial charge in [0.05, 0.1) is 16.3 Å². The molecule has 0 aliphatic rings. The highest BCUT2D eigenvalue weighted by Crippen LogP contribution is 2.23. The third-order valence-corrected chi connectivity index (χ3v) is 7.15. The van der Waals surface area contributed by atoms with Crippen molar-refractivity contribution in [2.75, 3.05) is 4.72 Å². The van der Waals surface area contributed by atoms with Gasteiger partial charge >= 0.3 is 0 Å². The number of aryl methyl sites for hydroxylation is 1. The lowest BCUT2D eigenvalue weighted by atomic mass is 10.1. The minimum absolute atomic E-state index is 0.0349. The topological polar surface area (TPSA) is 111 Å². The molecule has 5 aromatic rings. The summed E-state index contributed by atoms with van der Waals surface area (Å²) in [6.07, 6.45) is 0. The first kappa shape index (κ1) is 21.6. The highest BCUT2D eigenvalue weighted by atomic mass is 32.2. The largest absolute Gasteiger partial charge is 0.337 e. The van der Waals surface area contributed by atoms with E-state index in [4.69, 9.17) is 4.52 Å². The van der Waals surface area contributed by atoms with Gasteiger partial charge in [0.25, 0.3) is 21.1 Å². The van der Waals surface area contributed by atoms with E-state index in [-0.39, 0.29) is 16.5 Å². The number of nitrogens with one attached hydrogen (secondary N) is 1. The van der Waals surface area contributed by atoms with Crippen LogP contribution in [0.4, 0.5) is 5.88 Å². The van der Waals surface area contributed by atoms with E-state index in [1.807, 2.05) is 12.1 Å². The maximum absolute atomic E-state index is 13.4. The Morgan fingerprint density at radius 3 is 1.74 bits per heavy atom. The summed E-state index contributed by atoms with van der Waals surface area (Å²) in [5, 5.41) is 5.85. The average molecular weight is 474 g/mol. The monoisotopic (exact) mass is 473 g/mol. The van der Waals surface area contributed by atoms with E-state index < -0.39 is 21.1 Å². The van der Waals surface area contributed by atoms with E-state index in [2.05, 4.69) is 9.88 Å². The number of fused-ring (bicyclic) bond motifs is 3. The Morgan fingerprint density at radius 1 is 0.765 bits per heavy atom. The number of sulfonamides is 1. The maximum atomic E-state index is 13.4. The zero-order valence-corrected chi connectivity index (χ0v) is 19.1. The molecule has 0 unspecified atom stereocenters. The van der Waals surface area contributed by atoms with Crippen molar-refractivity contribution in [3.63, 3.8) is 0 Å². The lowest BCUT2D eigenvalue weighted by Gasteiger charge is -2.08. The molecule has 3 aromatic carbocycles. The maximum Gasteiger partial charge on any atom is 0.265 e. The Morgan fingerprint density at radius 2 is 1.26 bits per heavy atom. The summed E-state index contributed by atoms with van der Waals surface area (Å²) in [7, 11) is -3.97. The Balaban J connectivity index is 1.67. The van der Waals surface area contributed by atoms with Crippen molar-refractivity contribution in [2.45, 2.75) is 18.7 Å². The number of aromatic nitrogens is 2.